The van der Waals surface area contributed by atoms with Crippen LogP contribution in [0, 0.1) is 25.7 Å². The van der Waals surface area contributed by atoms with Gasteiger partial charge in [-0.2, -0.15) is 0 Å². The smallest absolute Gasteiger partial charge is 0.121 e. The Morgan fingerprint density at radius 1 is 0.955 bits per heavy atom. The standard InChI is InChI=1S/C20H32OSi/c1-12-10-13(2)19(21-7)18(11-12)22(8,9)20-16(5)14(3)15(4)17(20)6/h10-11,14,16,20H,1-9H3/t14-,16-,20-/m1/s1. The number of methoxy groups -OCH3 is 1. The minimum Gasteiger partial charge on any atom is -0.497 e. The first-order chi connectivity index (χ1) is 10.1. The largest absolute Gasteiger partial charge is 0.497 e. The van der Waals surface area contributed by atoms with E-state index in [1.54, 1.807) is 11.1 Å². The van der Waals surface area contributed by atoms with Crippen LogP contribution in [0.2, 0.25) is 18.6 Å². The summed E-state index contributed by atoms with van der Waals surface area (Å²) in [5, 5.41) is 1.49. The zero-order chi connectivity index (χ0) is 16.8. The highest BCUT2D eigenvalue weighted by Crippen LogP contribution is 2.50. The van der Waals surface area contributed by atoms with Crippen LogP contribution in [-0.2, 0) is 0 Å². The Kier molecular flexibility index (Phi) is 4.63. The van der Waals surface area contributed by atoms with Gasteiger partial charge < -0.3 is 4.74 Å². The number of rotatable bonds is 3. The Balaban J connectivity index is 2.61. The highest BCUT2D eigenvalue weighted by Gasteiger charge is 2.46. The van der Waals surface area contributed by atoms with E-state index in [1.165, 1.54) is 16.3 Å². The third-order valence-corrected chi connectivity index (χ3v) is 10.5. The summed E-state index contributed by atoms with van der Waals surface area (Å²) in [6.07, 6.45) is 0. The molecule has 0 unspecified atom stereocenters. The van der Waals surface area contributed by atoms with E-state index in [0.29, 0.717) is 11.5 Å². The molecule has 3 atom stereocenters. The molecule has 0 bridgehead atoms. The number of hydrogen-bond acceptors (Lipinski definition) is 1. The molecule has 2 heteroatoms. The van der Waals surface area contributed by atoms with Crippen LogP contribution in [0.1, 0.15) is 38.8 Å². The monoisotopic (exact) mass is 316 g/mol. The molecule has 0 saturated heterocycles. The third-order valence-electron chi connectivity index (χ3n) is 6.18. The molecule has 1 aliphatic rings. The van der Waals surface area contributed by atoms with Gasteiger partial charge in [0, 0.05) is 0 Å². The van der Waals surface area contributed by atoms with Crippen LogP contribution in [0.5, 0.6) is 5.75 Å². The molecular weight excluding hydrogens is 284 g/mol. The molecule has 1 aliphatic carbocycles. The summed E-state index contributed by atoms with van der Waals surface area (Å²) in [7, 11) is 0.152. The summed E-state index contributed by atoms with van der Waals surface area (Å²) < 4.78 is 5.82. The summed E-state index contributed by atoms with van der Waals surface area (Å²) >= 11 is 0. The molecule has 0 fully saturated rings. The van der Waals surface area contributed by atoms with E-state index in [1.807, 2.05) is 7.11 Å². The van der Waals surface area contributed by atoms with Crippen LogP contribution in [0.25, 0.3) is 0 Å². The van der Waals surface area contributed by atoms with Crippen LogP contribution in [0.4, 0.5) is 0 Å². The lowest BCUT2D eigenvalue weighted by molar-refractivity contribution is 0.414. The van der Waals surface area contributed by atoms with Gasteiger partial charge in [0.15, 0.2) is 0 Å². The fourth-order valence-corrected chi connectivity index (χ4v) is 9.48. The van der Waals surface area contributed by atoms with Crippen molar-refractivity contribution >= 4 is 13.3 Å². The second-order valence-electron chi connectivity index (χ2n) is 7.88. The molecule has 0 saturated carbocycles. The molecule has 1 aromatic carbocycles. The van der Waals surface area contributed by atoms with Crippen molar-refractivity contribution in [1.29, 1.82) is 0 Å². The van der Waals surface area contributed by atoms with E-state index >= 15 is 0 Å². The number of allylic oxidation sites excluding steroid dienone is 2. The third kappa shape index (κ3) is 2.56. The van der Waals surface area contributed by atoms with Crippen molar-refractivity contribution < 1.29 is 4.74 Å². The first-order valence-electron chi connectivity index (χ1n) is 8.45. The number of ether oxygens (including phenoxy) is 1. The normalized spacial score (nSPS) is 25.8. The van der Waals surface area contributed by atoms with Gasteiger partial charge in [0.2, 0.25) is 0 Å². The molecule has 0 amide bonds. The highest BCUT2D eigenvalue weighted by molar-refractivity contribution is 6.92. The van der Waals surface area contributed by atoms with Crippen molar-refractivity contribution in [3.63, 3.8) is 0 Å². The minimum atomic E-state index is -1.67. The predicted octanol–water partition coefficient (Wildman–Crippen LogP) is 5.22. The van der Waals surface area contributed by atoms with E-state index in [-0.39, 0.29) is 0 Å². The summed E-state index contributed by atoms with van der Waals surface area (Å²) in [4.78, 5) is 0. The lowest BCUT2D eigenvalue weighted by Crippen LogP contribution is -2.49. The molecule has 122 valence electrons. The summed E-state index contributed by atoms with van der Waals surface area (Å²) in [5.74, 6) is 2.56. The fourth-order valence-electron chi connectivity index (χ4n) is 4.75. The minimum absolute atomic E-state index is 0.702. The molecule has 1 nitrogen and oxygen atoms in total. The second-order valence-corrected chi connectivity index (χ2v) is 12.5. The van der Waals surface area contributed by atoms with Gasteiger partial charge in [-0.3, -0.25) is 0 Å². The molecule has 0 heterocycles. The highest BCUT2D eigenvalue weighted by atomic mass is 28.3. The maximum Gasteiger partial charge on any atom is 0.121 e. The SMILES string of the molecule is COc1c(C)cc(C)cc1[Si](C)(C)[C@H]1C(C)=C(C)[C@@H](C)[C@H]1C. The van der Waals surface area contributed by atoms with Gasteiger partial charge in [-0.1, -0.05) is 55.8 Å². The van der Waals surface area contributed by atoms with Crippen molar-refractivity contribution in [1.82, 2.24) is 0 Å². The van der Waals surface area contributed by atoms with Crippen molar-refractivity contribution in [3.8, 4) is 5.75 Å². The van der Waals surface area contributed by atoms with Crippen LogP contribution in [0.3, 0.4) is 0 Å². The van der Waals surface area contributed by atoms with E-state index in [4.69, 9.17) is 4.74 Å². The van der Waals surface area contributed by atoms with Crippen LogP contribution >= 0.6 is 0 Å². The summed E-state index contributed by atoms with van der Waals surface area (Å²) in [6.45, 7) is 19.0. The van der Waals surface area contributed by atoms with Gasteiger partial charge in [-0.25, -0.2) is 0 Å². The molecule has 2 rings (SSSR count). The molecular formula is C20H32OSi. The van der Waals surface area contributed by atoms with Gasteiger partial charge in [0.05, 0.1) is 15.2 Å². The van der Waals surface area contributed by atoms with Crippen molar-refractivity contribution in [2.45, 2.75) is 60.2 Å². The van der Waals surface area contributed by atoms with Crippen LogP contribution in [-0.4, -0.2) is 15.2 Å². The summed E-state index contributed by atoms with van der Waals surface area (Å²) in [5.41, 5.74) is 6.58. The lowest BCUT2D eigenvalue weighted by atomic mass is 9.95. The zero-order valence-electron chi connectivity index (χ0n) is 15.8. The van der Waals surface area contributed by atoms with E-state index in [2.05, 4.69) is 66.8 Å². The first kappa shape index (κ1) is 17.3. The van der Waals surface area contributed by atoms with E-state index < -0.39 is 8.07 Å². The second kappa shape index (κ2) is 5.88. The lowest BCUT2D eigenvalue weighted by Gasteiger charge is -2.37. The van der Waals surface area contributed by atoms with Gasteiger partial charge >= 0.3 is 0 Å². The molecule has 22 heavy (non-hydrogen) atoms. The number of hydrogen-bond donors (Lipinski definition) is 0. The maximum absolute atomic E-state index is 5.82. The quantitative estimate of drug-likeness (QED) is 0.549. The molecule has 0 N–H and O–H groups in total. The maximum atomic E-state index is 5.82. The van der Waals surface area contributed by atoms with Crippen molar-refractivity contribution in [2.75, 3.05) is 7.11 Å². The van der Waals surface area contributed by atoms with Crippen LogP contribution in [0.15, 0.2) is 23.3 Å². The van der Waals surface area contributed by atoms with E-state index in [0.717, 1.165) is 11.7 Å². The van der Waals surface area contributed by atoms with Gasteiger partial charge in [-0.15, -0.1) is 0 Å². The number of aryl methyl sites for hydroxylation is 2. The average molecular weight is 317 g/mol. The topological polar surface area (TPSA) is 9.23 Å². The number of benzene rings is 1. The van der Waals surface area contributed by atoms with Crippen molar-refractivity contribution in [2.24, 2.45) is 11.8 Å². The Hall–Kier alpha value is -1.02. The predicted molar refractivity (Wildman–Crippen MR) is 100 cm³/mol. The van der Waals surface area contributed by atoms with Crippen LogP contribution < -0.4 is 9.92 Å². The van der Waals surface area contributed by atoms with Gasteiger partial charge in [-0.05, 0) is 55.8 Å². The molecule has 0 spiro atoms. The molecule has 1 aromatic rings. The fraction of sp³-hybridized carbons (Fsp3) is 0.600. The zero-order valence-corrected chi connectivity index (χ0v) is 16.8. The first-order valence-corrected chi connectivity index (χ1v) is 11.5. The molecule has 0 aliphatic heterocycles. The molecule has 0 radical (unpaired) electrons. The Morgan fingerprint density at radius 3 is 2.00 bits per heavy atom. The summed E-state index contributed by atoms with van der Waals surface area (Å²) in [6, 6.07) is 4.62. The molecule has 0 aromatic heterocycles. The van der Waals surface area contributed by atoms with Gasteiger partial charge in [0.1, 0.15) is 5.75 Å². The van der Waals surface area contributed by atoms with Crippen molar-refractivity contribution in [3.05, 3.63) is 34.4 Å². The van der Waals surface area contributed by atoms with Gasteiger partial charge in [0.25, 0.3) is 0 Å². The Labute approximate surface area is 137 Å². The average Bonchev–Trinajstić information content (AvgIpc) is 2.62. The Bertz CT molecular complexity index is 612. The van der Waals surface area contributed by atoms with E-state index in [9.17, 15) is 0 Å². The Morgan fingerprint density at radius 2 is 1.55 bits per heavy atom.